The minimum absolute atomic E-state index is 0.311. The molecule has 0 bridgehead atoms. The summed E-state index contributed by atoms with van der Waals surface area (Å²) in [4.78, 5) is 31.7. The number of carboxylic acids is 1. The van der Waals surface area contributed by atoms with Crippen LogP contribution in [0.15, 0.2) is 30.3 Å². The minimum atomic E-state index is -0.984. The highest BCUT2D eigenvalue weighted by Crippen LogP contribution is 2.24. The third kappa shape index (κ3) is 5.95. The number of aromatic nitrogens is 1. The Balaban J connectivity index is 1.24. The highest BCUT2D eigenvalue weighted by Gasteiger charge is 2.26. The number of carboxylic acid groups (broad SMARTS) is 1. The van der Waals surface area contributed by atoms with E-state index in [2.05, 4.69) is 27.7 Å². The first-order valence-electron chi connectivity index (χ1n) is 12.5. The zero-order valence-electron chi connectivity index (χ0n) is 20.3. The van der Waals surface area contributed by atoms with Crippen LogP contribution in [-0.4, -0.2) is 59.1 Å². The molecule has 2 aliphatic rings. The van der Waals surface area contributed by atoms with Crippen molar-refractivity contribution in [2.75, 3.05) is 31.5 Å². The highest BCUT2D eigenvalue weighted by molar-refractivity contribution is 5.99. The van der Waals surface area contributed by atoms with Crippen LogP contribution in [0.5, 0.6) is 0 Å². The number of carbonyl (C=O) groups is 2. The number of carbonyl (C=O) groups excluding carboxylic acids is 1. The lowest BCUT2D eigenvalue weighted by Gasteiger charge is -2.21. The van der Waals surface area contributed by atoms with E-state index < -0.39 is 12.0 Å². The molecule has 2 atom stereocenters. The first-order valence-corrected chi connectivity index (χ1v) is 12.5. The SMILES string of the molecule is Cc1cccc(C)c1C(=O)N[C@H](CCN1CC[C@@H](CCc2ccc3c(n2)NCCC3)C1)C(=O)O. The maximum atomic E-state index is 12.8. The van der Waals surface area contributed by atoms with Gasteiger partial charge in [0.1, 0.15) is 11.9 Å². The van der Waals surface area contributed by atoms with Crippen LogP contribution in [0, 0.1) is 19.8 Å². The van der Waals surface area contributed by atoms with Gasteiger partial charge in [-0.15, -0.1) is 0 Å². The molecule has 3 N–H and O–H groups in total. The normalized spacial score (nSPS) is 18.7. The van der Waals surface area contributed by atoms with Crippen LogP contribution in [-0.2, 0) is 17.6 Å². The zero-order chi connectivity index (χ0) is 24.1. The molecule has 182 valence electrons. The number of likely N-dealkylation sites (tertiary alicyclic amines) is 1. The van der Waals surface area contributed by atoms with Gasteiger partial charge in [-0.2, -0.15) is 0 Å². The molecule has 2 aromatic rings. The summed E-state index contributed by atoms with van der Waals surface area (Å²) in [5.74, 6) is 0.356. The van der Waals surface area contributed by atoms with Crippen LogP contribution >= 0.6 is 0 Å². The molecule has 1 amide bonds. The first kappa shape index (κ1) is 24.2. The van der Waals surface area contributed by atoms with E-state index in [1.165, 1.54) is 12.0 Å². The van der Waals surface area contributed by atoms with Gasteiger partial charge >= 0.3 is 5.97 Å². The zero-order valence-corrected chi connectivity index (χ0v) is 20.3. The maximum absolute atomic E-state index is 12.8. The van der Waals surface area contributed by atoms with Gasteiger partial charge in [-0.25, -0.2) is 9.78 Å². The minimum Gasteiger partial charge on any atom is -0.480 e. The van der Waals surface area contributed by atoms with Crippen molar-refractivity contribution in [3.05, 3.63) is 58.3 Å². The van der Waals surface area contributed by atoms with Crippen LogP contribution in [0.25, 0.3) is 0 Å². The van der Waals surface area contributed by atoms with Crippen molar-refractivity contribution in [1.29, 1.82) is 0 Å². The summed E-state index contributed by atoms with van der Waals surface area (Å²) < 4.78 is 0. The van der Waals surface area contributed by atoms with Crippen molar-refractivity contribution >= 4 is 17.7 Å². The quantitative estimate of drug-likeness (QED) is 0.525. The number of aliphatic carboxylic acids is 1. The molecule has 1 saturated heterocycles. The second-order valence-electron chi connectivity index (χ2n) is 9.75. The van der Waals surface area contributed by atoms with E-state index in [0.29, 0.717) is 24.4 Å². The van der Waals surface area contributed by atoms with Crippen LogP contribution in [0.3, 0.4) is 0 Å². The molecule has 3 heterocycles. The smallest absolute Gasteiger partial charge is 0.326 e. The van der Waals surface area contributed by atoms with Gasteiger partial charge in [0, 0.05) is 30.9 Å². The van der Waals surface area contributed by atoms with Crippen molar-refractivity contribution in [3.63, 3.8) is 0 Å². The predicted octanol–water partition coefficient (Wildman–Crippen LogP) is 3.58. The standard InChI is InChI=1S/C27H36N4O3/c1-18-5-3-6-19(2)24(18)26(32)30-23(27(33)34)13-16-31-15-12-20(17-31)8-10-22-11-9-21-7-4-14-28-25(21)29-22/h3,5-6,9,11,20,23H,4,7-8,10,12-17H2,1-2H3,(H,28,29)(H,30,32)(H,33,34)/t20-,23-/m1/s1. The molecular weight excluding hydrogens is 428 g/mol. The van der Waals surface area contributed by atoms with E-state index in [1.807, 2.05) is 32.0 Å². The van der Waals surface area contributed by atoms with Gasteiger partial charge in [-0.3, -0.25) is 4.79 Å². The molecule has 2 aliphatic heterocycles. The van der Waals surface area contributed by atoms with E-state index >= 15 is 0 Å². The highest BCUT2D eigenvalue weighted by atomic mass is 16.4. The number of anilines is 1. The Hall–Kier alpha value is -2.93. The largest absolute Gasteiger partial charge is 0.480 e. The van der Waals surface area contributed by atoms with Crippen molar-refractivity contribution in [2.24, 2.45) is 5.92 Å². The Morgan fingerprint density at radius 3 is 2.79 bits per heavy atom. The lowest BCUT2D eigenvalue weighted by atomic mass is 10.00. The third-order valence-electron chi connectivity index (χ3n) is 7.18. The molecule has 34 heavy (non-hydrogen) atoms. The average Bonchev–Trinajstić information content (AvgIpc) is 3.28. The second kappa shape index (κ2) is 11.0. The summed E-state index contributed by atoms with van der Waals surface area (Å²) in [7, 11) is 0. The van der Waals surface area contributed by atoms with Crippen molar-refractivity contribution in [1.82, 2.24) is 15.2 Å². The molecule has 0 aliphatic carbocycles. The van der Waals surface area contributed by atoms with Gasteiger partial charge in [0.15, 0.2) is 0 Å². The van der Waals surface area contributed by atoms with Gasteiger partial charge in [0.05, 0.1) is 0 Å². The van der Waals surface area contributed by atoms with Gasteiger partial charge in [-0.05, 0) is 87.6 Å². The second-order valence-corrected chi connectivity index (χ2v) is 9.75. The Kier molecular flexibility index (Phi) is 7.83. The summed E-state index contributed by atoms with van der Waals surface area (Å²) in [5, 5.41) is 15.8. The predicted molar refractivity (Wildman–Crippen MR) is 133 cm³/mol. The summed E-state index contributed by atoms with van der Waals surface area (Å²) in [5.41, 5.74) is 4.74. The number of fused-ring (bicyclic) bond motifs is 1. The fourth-order valence-electron chi connectivity index (χ4n) is 5.18. The number of nitrogens with zero attached hydrogens (tertiary/aromatic N) is 2. The van der Waals surface area contributed by atoms with Gasteiger partial charge < -0.3 is 20.6 Å². The molecule has 0 radical (unpaired) electrons. The molecule has 7 nitrogen and oxygen atoms in total. The van der Waals surface area contributed by atoms with E-state index in [9.17, 15) is 14.7 Å². The molecule has 1 aromatic heterocycles. The van der Waals surface area contributed by atoms with Crippen LogP contribution in [0.4, 0.5) is 5.82 Å². The van der Waals surface area contributed by atoms with Gasteiger partial charge in [0.2, 0.25) is 0 Å². The van der Waals surface area contributed by atoms with E-state index in [4.69, 9.17) is 4.98 Å². The third-order valence-corrected chi connectivity index (χ3v) is 7.18. The van der Waals surface area contributed by atoms with Crippen LogP contribution in [0.2, 0.25) is 0 Å². The summed E-state index contributed by atoms with van der Waals surface area (Å²) in [6, 6.07) is 9.13. The number of pyridine rings is 1. The molecule has 1 aromatic carbocycles. The molecule has 0 saturated carbocycles. The van der Waals surface area contributed by atoms with Crippen LogP contribution in [0.1, 0.15) is 58.4 Å². The number of nitrogens with one attached hydrogen (secondary N) is 2. The molecule has 0 spiro atoms. The number of hydrogen-bond acceptors (Lipinski definition) is 5. The number of aryl methyl sites for hydroxylation is 4. The van der Waals surface area contributed by atoms with E-state index in [0.717, 1.165) is 68.0 Å². The van der Waals surface area contributed by atoms with E-state index in [1.54, 1.807) is 0 Å². The first-order chi connectivity index (χ1) is 16.4. The molecule has 4 rings (SSSR count). The lowest BCUT2D eigenvalue weighted by Crippen LogP contribution is -2.43. The molecule has 7 heteroatoms. The van der Waals surface area contributed by atoms with Crippen LogP contribution < -0.4 is 10.6 Å². The Morgan fingerprint density at radius 2 is 2.03 bits per heavy atom. The molecule has 0 unspecified atom stereocenters. The molecular formula is C27H36N4O3. The summed E-state index contributed by atoms with van der Waals surface area (Å²) in [6.45, 7) is 7.36. The number of amides is 1. The lowest BCUT2D eigenvalue weighted by molar-refractivity contribution is -0.139. The fourth-order valence-corrected chi connectivity index (χ4v) is 5.18. The fraction of sp³-hybridized carbons (Fsp3) is 0.519. The van der Waals surface area contributed by atoms with Crippen molar-refractivity contribution in [2.45, 2.75) is 58.4 Å². The van der Waals surface area contributed by atoms with Gasteiger partial charge in [-0.1, -0.05) is 24.3 Å². The average molecular weight is 465 g/mol. The Bertz CT molecular complexity index is 1020. The number of hydrogen-bond donors (Lipinski definition) is 3. The topological polar surface area (TPSA) is 94.6 Å². The number of benzene rings is 1. The van der Waals surface area contributed by atoms with E-state index in [-0.39, 0.29) is 5.91 Å². The number of rotatable bonds is 9. The monoisotopic (exact) mass is 464 g/mol. The Labute approximate surface area is 202 Å². The Morgan fingerprint density at radius 1 is 1.24 bits per heavy atom. The summed E-state index contributed by atoms with van der Waals surface area (Å²) >= 11 is 0. The van der Waals surface area contributed by atoms with Gasteiger partial charge in [0.25, 0.3) is 5.91 Å². The van der Waals surface area contributed by atoms with Crippen molar-refractivity contribution in [3.8, 4) is 0 Å². The summed E-state index contributed by atoms with van der Waals surface area (Å²) in [6.07, 6.45) is 5.86. The molecule has 1 fully saturated rings. The van der Waals surface area contributed by atoms with Crippen molar-refractivity contribution < 1.29 is 14.7 Å². The maximum Gasteiger partial charge on any atom is 0.326 e.